The van der Waals surface area contributed by atoms with Crippen molar-refractivity contribution < 1.29 is 14.6 Å². The molecule has 0 bridgehead atoms. The van der Waals surface area contributed by atoms with E-state index < -0.39 is 6.29 Å². The molecule has 0 spiro atoms. The minimum Gasteiger partial charge on any atom is -0.463 e. The highest BCUT2D eigenvalue weighted by molar-refractivity contribution is 5.58. The smallest absolute Gasteiger partial charge is 0.192 e. The molecule has 0 aromatic carbocycles. The molecule has 3 rings (SSSR count). The standard InChI is InChI=1S/C9H8N2O3/c12-9-6-1-3-11-4-2-10-8(11)7(6)13-5-14-9/h1-4,9,12H,5H2. The van der Waals surface area contributed by atoms with Gasteiger partial charge in [-0.15, -0.1) is 0 Å². The van der Waals surface area contributed by atoms with Gasteiger partial charge in [0.15, 0.2) is 24.5 Å². The van der Waals surface area contributed by atoms with Crippen LogP contribution in [0.5, 0.6) is 5.75 Å². The van der Waals surface area contributed by atoms with Gasteiger partial charge in [-0.1, -0.05) is 0 Å². The van der Waals surface area contributed by atoms with Gasteiger partial charge >= 0.3 is 0 Å². The molecular formula is C9H8N2O3. The molecule has 1 atom stereocenters. The molecule has 14 heavy (non-hydrogen) atoms. The predicted octanol–water partition coefficient (Wildman–Crippen LogP) is 0.692. The summed E-state index contributed by atoms with van der Waals surface area (Å²) in [5.74, 6) is 0.594. The maximum atomic E-state index is 9.52. The average molecular weight is 192 g/mol. The molecule has 3 heterocycles. The van der Waals surface area contributed by atoms with Gasteiger partial charge in [0.05, 0.1) is 5.56 Å². The topological polar surface area (TPSA) is 56.0 Å². The Morgan fingerprint density at radius 3 is 3.36 bits per heavy atom. The van der Waals surface area contributed by atoms with Gasteiger partial charge < -0.3 is 19.0 Å². The second-order valence-corrected chi connectivity index (χ2v) is 3.04. The van der Waals surface area contributed by atoms with Crippen LogP contribution in [0.25, 0.3) is 5.65 Å². The summed E-state index contributed by atoms with van der Waals surface area (Å²) < 4.78 is 12.1. The molecule has 2 aromatic heterocycles. The first-order chi connectivity index (χ1) is 6.86. The van der Waals surface area contributed by atoms with Crippen LogP contribution in [-0.4, -0.2) is 21.3 Å². The van der Waals surface area contributed by atoms with Crippen LogP contribution < -0.4 is 4.74 Å². The molecule has 2 aromatic rings. The Morgan fingerprint density at radius 2 is 2.43 bits per heavy atom. The average Bonchev–Trinajstić information content (AvgIpc) is 2.66. The Hall–Kier alpha value is -1.59. The Balaban J connectivity index is 2.32. The lowest BCUT2D eigenvalue weighted by Gasteiger charge is -2.22. The predicted molar refractivity (Wildman–Crippen MR) is 46.7 cm³/mol. The van der Waals surface area contributed by atoms with Crippen molar-refractivity contribution in [1.82, 2.24) is 9.38 Å². The Labute approximate surface area is 79.5 Å². The van der Waals surface area contributed by atoms with Crippen molar-refractivity contribution in [3.63, 3.8) is 0 Å². The molecule has 5 nitrogen and oxygen atoms in total. The number of aromatic nitrogens is 2. The van der Waals surface area contributed by atoms with Crippen LogP contribution in [0.1, 0.15) is 11.9 Å². The number of hydrogen-bond acceptors (Lipinski definition) is 4. The van der Waals surface area contributed by atoms with E-state index >= 15 is 0 Å². The third-order valence-electron chi connectivity index (χ3n) is 2.24. The maximum Gasteiger partial charge on any atom is 0.192 e. The largest absolute Gasteiger partial charge is 0.463 e. The van der Waals surface area contributed by atoms with Crippen molar-refractivity contribution >= 4 is 5.65 Å². The van der Waals surface area contributed by atoms with E-state index in [1.54, 1.807) is 12.3 Å². The third-order valence-corrected chi connectivity index (χ3v) is 2.24. The quantitative estimate of drug-likeness (QED) is 0.667. The molecular weight excluding hydrogens is 184 g/mol. The van der Waals surface area contributed by atoms with Gasteiger partial charge in [0.2, 0.25) is 0 Å². The zero-order chi connectivity index (χ0) is 9.54. The highest BCUT2D eigenvalue weighted by Crippen LogP contribution is 2.32. The first-order valence-electron chi connectivity index (χ1n) is 4.24. The number of aliphatic hydroxyl groups excluding tert-OH is 1. The molecule has 1 aliphatic rings. The summed E-state index contributed by atoms with van der Waals surface area (Å²) in [5.41, 5.74) is 1.32. The fourth-order valence-electron chi connectivity index (χ4n) is 1.56. The van der Waals surface area contributed by atoms with Crippen LogP contribution in [-0.2, 0) is 4.74 Å². The fourth-order valence-corrected chi connectivity index (χ4v) is 1.56. The fraction of sp³-hybridized carbons (Fsp3) is 0.222. The summed E-state index contributed by atoms with van der Waals surface area (Å²) in [6.07, 6.45) is 4.39. The molecule has 0 saturated heterocycles. The van der Waals surface area contributed by atoms with Gasteiger partial charge in [-0.2, -0.15) is 0 Å². The molecule has 72 valence electrons. The molecule has 0 aliphatic carbocycles. The van der Waals surface area contributed by atoms with Crippen LogP contribution >= 0.6 is 0 Å². The first-order valence-corrected chi connectivity index (χ1v) is 4.24. The van der Waals surface area contributed by atoms with Gasteiger partial charge in [-0.05, 0) is 6.07 Å². The van der Waals surface area contributed by atoms with Crippen molar-refractivity contribution in [3.8, 4) is 5.75 Å². The van der Waals surface area contributed by atoms with Crippen LogP contribution in [0.4, 0.5) is 0 Å². The van der Waals surface area contributed by atoms with Gasteiger partial charge in [0, 0.05) is 18.6 Å². The van der Waals surface area contributed by atoms with E-state index in [4.69, 9.17) is 9.47 Å². The highest BCUT2D eigenvalue weighted by atomic mass is 16.7. The van der Waals surface area contributed by atoms with E-state index in [2.05, 4.69) is 4.98 Å². The summed E-state index contributed by atoms with van der Waals surface area (Å²) in [7, 11) is 0. The van der Waals surface area contributed by atoms with Gasteiger partial charge in [-0.25, -0.2) is 4.98 Å². The summed E-state index contributed by atoms with van der Waals surface area (Å²) >= 11 is 0. The number of imidazole rings is 1. The monoisotopic (exact) mass is 192 g/mol. The molecule has 1 N–H and O–H groups in total. The number of nitrogens with zero attached hydrogens (tertiary/aromatic N) is 2. The van der Waals surface area contributed by atoms with E-state index in [1.807, 2.05) is 16.8 Å². The highest BCUT2D eigenvalue weighted by Gasteiger charge is 2.22. The Bertz CT molecular complexity index is 480. The molecule has 5 heteroatoms. The number of fused-ring (bicyclic) bond motifs is 3. The summed E-state index contributed by atoms with van der Waals surface area (Å²) in [4.78, 5) is 4.14. The normalized spacial score (nSPS) is 20.5. The zero-order valence-corrected chi connectivity index (χ0v) is 7.25. The summed E-state index contributed by atoms with van der Waals surface area (Å²) in [6, 6.07) is 1.76. The van der Waals surface area contributed by atoms with E-state index in [0.29, 0.717) is 17.0 Å². The van der Waals surface area contributed by atoms with E-state index in [9.17, 15) is 5.11 Å². The minimum absolute atomic E-state index is 0.0562. The minimum atomic E-state index is -0.916. The SMILES string of the molecule is OC1OCOc2c1ccn1ccnc21. The molecule has 1 aliphatic heterocycles. The Kier molecular flexibility index (Phi) is 1.50. The van der Waals surface area contributed by atoms with Crippen molar-refractivity contribution in [1.29, 1.82) is 0 Å². The number of ether oxygens (including phenoxy) is 2. The van der Waals surface area contributed by atoms with E-state index in [1.165, 1.54) is 0 Å². The number of hydrogen-bond donors (Lipinski definition) is 1. The lowest BCUT2D eigenvalue weighted by atomic mass is 10.2. The first kappa shape index (κ1) is 7.78. The third kappa shape index (κ3) is 0.934. The van der Waals surface area contributed by atoms with Crippen molar-refractivity contribution in [3.05, 3.63) is 30.2 Å². The molecule has 0 fully saturated rings. The number of pyridine rings is 1. The zero-order valence-electron chi connectivity index (χ0n) is 7.25. The van der Waals surface area contributed by atoms with Crippen molar-refractivity contribution in [2.75, 3.05) is 6.79 Å². The molecule has 0 saturated carbocycles. The van der Waals surface area contributed by atoms with Gasteiger partial charge in [0.1, 0.15) is 0 Å². The van der Waals surface area contributed by atoms with Gasteiger partial charge in [-0.3, -0.25) is 0 Å². The van der Waals surface area contributed by atoms with Gasteiger partial charge in [0.25, 0.3) is 0 Å². The lowest BCUT2D eigenvalue weighted by molar-refractivity contribution is -0.163. The van der Waals surface area contributed by atoms with Crippen LogP contribution in [0, 0.1) is 0 Å². The Morgan fingerprint density at radius 1 is 1.50 bits per heavy atom. The summed E-state index contributed by atoms with van der Waals surface area (Å²) in [5, 5.41) is 9.52. The number of aliphatic hydroxyl groups is 1. The van der Waals surface area contributed by atoms with E-state index in [0.717, 1.165) is 0 Å². The van der Waals surface area contributed by atoms with Crippen molar-refractivity contribution in [2.24, 2.45) is 0 Å². The van der Waals surface area contributed by atoms with E-state index in [-0.39, 0.29) is 6.79 Å². The molecule has 1 unspecified atom stereocenters. The second kappa shape index (κ2) is 2.70. The molecule has 0 amide bonds. The number of rotatable bonds is 0. The van der Waals surface area contributed by atoms with Crippen LogP contribution in [0.15, 0.2) is 24.7 Å². The summed E-state index contributed by atoms with van der Waals surface area (Å²) in [6.45, 7) is 0.0562. The van der Waals surface area contributed by atoms with Crippen molar-refractivity contribution in [2.45, 2.75) is 6.29 Å². The second-order valence-electron chi connectivity index (χ2n) is 3.04. The van der Waals surface area contributed by atoms with Crippen LogP contribution in [0.3, 0.4) is 0 Å². The maximum absolute atomic E-state index is 9.52. The molecule has 0 radical (unpaired) electrons. The van der Waals surface area contributed by atoms with Crippen LogP contribution in [0.2, 0.25) is 0 Å². The lowest BCUT2D eigenvalue weighted by Crippen LogP contribution is -2.17.